The molecule has 0 aliphatic carbocycles. The summed E-state index contributed by atoms with van der Waals surface area (Å²) in [5, 5.41) is 0.417. The molecule has 1 heterocycles. The average molecular weight is 302 g/mol. The molecule has 0 atom stereocenters. The SMILES string of the molecule is CCN1CCC(c2cccc(S(C)(=O)=O)c2Cl)CC1. The number of piperidine rings is 1. The highest BCUT2D eigenvalue weighted by Gasteiger charge is 2.24. The molecule has 1 aromatic carbocycles. The first-order chi connectivity index (χ1) is 8.93. The van der Waals surface area contributed by atoms with Crippen LogP contribution in [0.15, 0.2) is 23.1 Å². The van der Waals surface area contributed by atoms with Crippen molar-refractivity contribution >= 4 is 21.4 Å². The molecule has 0 amide bonds. The number of halogens is 1. The first kappa shape index (κ1) is 14.8. The van der Waals surface area contributed by atoms with Crippen LogP contribution in [0.1, 0.15) is 31.2 Å². The Bertz CT molecular complexity index is 549. The van der Waals surface area contributed by atoms with Gasteiger partial charge in [-0.3, -0.25) is 0 Å². The van der Waals surface area contributed by atoms with Gasteiger partial charge >= 0.3 is 0 Å². The van der Waals surface area contributed by atoms with Gasteiger partial charge in [-0.15, -0.1) is 0 Å². The monoisotopic (exact) mass is 301 g/mol. The summed E-state index contributed by atoms with van der Waals surface area (Å²) >= 11 is 6.30. The van der Waals surface area contributed by atoms with Crippen LogP contribution < -0.4 is 0 Å². The van der Waals surface area contributed by atoms with Gasteiger partial charge in [-0.2, -0.15) is 0 Å². The molecular weight excluding hydrogens is 282 g/mol. The van der Waals surface area contributed by atoms with Gasteiger partial charge in [0.15, 0.2) is 9.84 Å². The summed E-state index contributed by atoms with van der Waals surface area (Å²) in [7, 11) is -3.25. The first-order valence-electron chi connectivity index (χ1n) is 6.64. The molecule has 0 N–H and O–H groups in total. The maximum atomic E-state index is 11.7. The third kappa shape index (κ3) is 3.30. The van der Waals surface area contributed by atoms with Gasteiger partial charge in [0.05, 0.1) is 9.92 Å². The predicted octanol–water partition coefficient (Wildman–Crippen LogP) is 2.94. The number of hydrogen-bond donors (Lipinski definition) is 0. The largest absolute Gasteiger partial charge is 0.304 e. The summed E-state index contributed by atoms with van der Waals surface area (Å²) < 4.78 is 23.4. The highest BCUT2D eigenvalue weighted by molar-refractivity contribution is 7.90. The fraction of sp³-hybridized carbons (Fsp3) is 0.571. The maximum Gasteiger partial charge on any atom is 0.177 e. The van der Waals surface area contributed by atoms with Gasteiger partial charge in [-0.1, -0.05) is 30.7 Å². The zero-order chi connectivity index (χ0) is 14.0. The minimum atomic E-state index is -3.25. The number of sulfone groups is 1. The first-order valence-corrected chi connectivity index (χ1v) is 8.91. The van der Waals surface area contributed by atoms with E-state index in [1.54, 1.807) is 12.1 Å². The van der Waals surface area contributed by atoms with Crippen LogP contribution in [-0.2, 0) is 9.84 Å². The third-order valence-electron chi connectivity index (χ3n) is 3.87. The molecule has 0 radical (unpaired) electrons. The standard InChI is InChI=1S/C14H20ClNO2S/c1-3-16-9-7-11(8-10-16)12-5-4-6-13(14(12)15)19(2,17)18/h4-6,11H,3,7-10H2,1-2H3. The molecule has 1 aliphatic rings. The molecule has 0 spiro atoms. The van der Waals surface area contributed by atoms with Gasteiger partial charge in [-0.25, -0.2) is 8.42 Å². The number of hydrogen-bond acceptors (Lipinski definition) is 3. The lowest BCUT2D eigenvalue weighted by molar-refractivity contribution is 0.222. The van der Waals surface area contributed by atoms with E-state index >= 15 is 0 Å². The van der Waals surface area contributed by atoms with E-state index in [-0.39, 0.29) is 4.90 Å². The summed E-state index contributed by atoms with van der Waals surface area (Å²) in [5.41, 5.74) is 0.986. The molecule has 1 fully saturated rings. The maximum absolute atomic E-state index is 11.7. The van der Waals surface area contributed by atoms with Crippen LogP contribution in [0.2, 0.25) is 5.02 Å². The summed E-state index contributed by atoms with van der Waals surface area (Å²) in [6.07, 6.45) is 3.29. The molecule has 3 nitrogen and oxygen atoms in total. The van der Waals surface area contributed by atoms with Crippen LogP contribution in [0.4, 0.5) is 0 Å². The van der Waals surface area contributed by atoms with Crippen LogP contribution in [0.5, 0.6) is 0 Å². The zero-order valence-electron chi connectivity index (χ0n) is 11.4. The summed E-state index contributed by atoms with van der Waals surface area (Å²) in [4.78, 5) is 2.66. The smallest absolute Gasteiger partial charge is 0.177 e. The molecule has 1 aliphatic heterocycles. The van der Waals surface area contributed by atoms with Crippen molar-refractivity contribution < 1.29 is 8.42 Å². The molecule has 2 rings (SSSR count). The van der Waals surface area contributed by atoms with E-state index in [1.807, 2.05) is 6.07 Å². The Hall–Kier alpha value is -0.580. The molecule has 0 aromatic heterocycles. The molecule has 106 valence electrons. The second-order valence-electron chi connectivity index (χ2n) is 5.14. The Labute approximate surface area is 120 Å². The zero-order valence-corrected chi connectivity index (χ0v) is 13.0. The van der Waals surface area contributed by atoms with Gasteiger partial charge in [0.2, 0.25) is 0 Å². The number of nitrogens with zero attached hydrogens (tertiary/aromatic N) is 1. The molecule has 5 heteroatoms. The molecule has 0 saturated carbocycles. The van der Waals surface area contributed by atoms with Crippen molar-refractivity contribution in [3.8, 4) is 0 Å². The van der Waals surface area contributed by atoms with Gasteiger partial charge in [0.25, 0.3) is 0 Å². The normalized spacial score (nSPS) is 18.7. The van der Waals surface area contributed by atoms with Crippen molar-refractivity contribution in [2.45, 2.75) is 30.6 Å². The summed E-state index contributed by atoms with van der Waals surface area (Å²) in [6, 6.07) is 5.34. The van der Waals surface area contributed by atoms with Gasteiger partial charge in [-0.05, 0) is 50.0 Å². The molecule has 19 heavy (non-hydrogen) atoms. The van der Waals surface area contributed by atoms with E-state index in [9.17, 15) is 8.42 Å². The summed E-state index contributed by atoms with van der Waals surface area (Å²) in [6.45, 7) is 5.35. The van der Waals surface area contributed by atoms with E-state index in [1.165, 1.54) is 6.26 Å². The Morgan fingerprint density at radius 2 is 1.95 bits per heavy atom. The fourth-order valence-corrected chi connectivity index (χ4v) is 4.16. The van der Waals surface area contributed by atoms with E-state index in [0.717, 1.165) is 38.0 Å². The Balaban J connectivity index is 2.27. The van der Waals surface area contributed by atoms with Crippen LogP contribution in [0.3, 0.4) is 0 Å². The van der Waals surface area contributed by atoms with Crippen molar-refractivity contribution in [3.63, 3.8) is 0 Å². The lowest BCUT2D eigenvalue weighted by atomic mass is 9.89. The van der Waals surface area contributed by atoms with Crippen LogP contribution in [0, 0.1) is 0 Å². The lowest BCUT2D eigenvalue weighted by Gasteiger charge is -2.31. The quantitative estimate of drug-likeness (QED) is 0.861. The molecule has 0 bridgehead atoms. The fourth-order valence-electron chi connectivity index (χ4n) is 2.69. The van der Waals surface area contributed by atoms with Crippen molar-refractivity contribution in [2.24, 2.45) is 0 Å². The topological polar surface area (TPSA) is 37.4 Å². The van der Waals surface area contributed by atoms with Gasteiger partial charge in [0.1, 0.15) is 0 Å². The van der Waals surface area contributed by atoms with Crippen molar-refractivity contribution in [1.29, 1.82) is 0 Å². The number of benzene rings is 1. The van der Waals surface area contributed by atoms with E-state index in [4.69, 9.17) is 11.6 Å². The Kier molecular flexibility index (Phi) is 4.54. The molecule has 0 unspecified atom stereocenters. The number of rotatable bonds is 3. The van der Waals surface area contributed by atoms with Crippen molar-refractivity contribution in [2.75, 3.05) is 25.9 Å². The summed E-state index contributed by atoms with van der Waals surface area (Å²) in [5.74, 6) is 0.372. The number of likely N-dealkylation sites (tertiary alicyclic amines) is 1. The molecule has 1 aromatic rings. The lowest BCUT2D eigenvalue weighted by Crippen LogP contribution is -2.32. The van der Waals surface area contributed by atoms with Gasteiger partial charge < -0.3 is 4.90 Å². The van der Waals surface area contributed by atoms with E-state index in [2.05, 4.69) is 11.8 Å². The Morgan fingerprint density at radius 3 is 2.47 bits per heavy atom. The highest BCUT2D eigenvalue weighted by Crippen LogP contribution is 2.35. The second kappa shape index (κ2) is 5.81. The molecular formula is C14H20ClNO2S. The van der Waals surface area contributed by atoms with Gasteiger partial charge in [0, 0.05) is 6.26 Å². The average Bonchev–Trinajstić information content (AvgIpc) is 2.38. The highest BCUT2D eigenvalue weighted by atomic mass is 35.5. The van der Waals surface area contributed by atoms with Crippen molar-refractivity contribution in [3.05, 3.63) is 28.8 Å². The van der Waals surface area contributed by atoms with Crippen LogP contribution >= 0.6 is 11.6 Å². The van der Waals surface area contributed by atoms with E-state index < -0.39 is 9.84 Å². The van der Waals surface area contributed by atoms with Crippen LogP contribution in [-0.4, -0.2) is 39.2 Å². The van der Waals surface area contributed by atoms with Crippen LogP contribution in [0.25, 0.3) is 0 Å². The van der Waals surface area contributed by atoms with Crippen molar-refractivity contribution in [1.82, 2.24) is 4.90 Å². The third-order valence-corrected chi connectivity index (χ3v) is 5.54. The minimum absolute atomic E-state index is 0.254. The van der Waals surface area contributed by atoms with E-state index in [0.29, 0.717) is 10.9 Å². The minimum Gasteiger partial charge on any atom is -0.304 e. The second-order valence-corrected chi connectivity index (χ2v) is 7.50. The molecule has 1 saturated heterocycles. The predicted molar refractivity (Wildman–Crippen MR) is 78.7 cm³/mol. The Morgan fingerprint density at radius 1 is 1.32 bits per heavy atom.